The quantitative estimate of drug-likeness (QED) is 0.826. The number of halogens is 1. The molecule has 0 radical (unpaired) electrons. The van der Waals surface area contributed by atoms with Crippen molar-refractivity contribution in [1.29, 1.82) is 0 Å². The number of rotatable bonds is 6. The van der Waals surface area contributed by atoms with Crippen LogP contribution in [0.3, 0.4) is 0 Å². The van der Waals surface area contributed by atoms with E-state index in [2.05, 4.69) is 5.32 Å². The lowest BCUT2D eigenvalue weighted by Crippen LogP contribution is -2.47. The van der Waals surface area contributed by atoms with E-state index in [9.17, 15) is 13.2 Å². The molecule has 134 valence electrons. The van der Waals surface area contributed by atoms with Crippen molar-refractivity contribution in [2.24, 2.45) is 0 Å². The van der Waals surface area contributed by atoms with E-state index >= 15 is 0 Å². The summed E-state index contributed by atoms with van der Waals surface area (Å²) in [4.78, 5) is 14.3. The van der Waals surface area contributed by atoms with Gasteiger partial charge in [0.2, 0.25) is 5.91 Å². The minimum atomic E-state index is -3.03. The van der Waals surface area contributed by atoms with Gasteiger partial charge in [-0.3, -0.25) is 4.79 Å². The van der Waals surface area contributed by atoms with Gasteiger partial charge < -0.3 is 15.0 Å². The highest BCUT2D eigenvalue weighted by Gasteiger charge is 2.35. The minimum absolute atomic E-state index is 0.0493. The summed E-state index contributed by atoms with van der Waals surface area (Å²) in [6.07, 6.45) is 0.503. The molecule has 0 saturated carbocycles. The molecule has 2 rings (SSSR count). The highest BCUT2D eigenvalue weighted by Crippen LogP contribution is 2.27. The molecule has 1 aromatic carbocycles. The van der Waals surface area contributed by atoms with Crippen molar-refractivity contribution in [1.82, 2.24) is 4.90 Å². The third-order valence-electron chi connectivity index (χ3n) is 4.18. The second-order valence-corrected chi connectivity index (χ2v) is 8.53. The molecule has 1 aliphatic rings. The first-order valence-electron chi connectivity index (χ1n) is 7.88. The summed E-state index contributed by atoms with van der Waals surface area (Å²) in [7, 11) is -1.49. The standard InChI is InChI=1S/C16H23ClN2O4S/c1-4-19(13-7-8-24(21,22)10-13)16(20)11(2)18-12-5-6-15(23-3)14(17)9-12/h5-6,9,11,13,18H,4,7-8,10H2,1-3H3/t11-,13+/m0/s1. The average Bonchev–Trinajstić information content (AvgIpc) is 2.88. The summed E-state index contributed by atoms with van der Waals surface area (Å²) in [6, 6.07) is 4.47. The molecule has 1 heterocycles. The summed E-state index contributed by atoms with van der Waals surface area (Å²) in [5.74, 6) is 0.643. The zero-order valence-electron chi connectivity index (χ0n) is 14.1. The number of ether oxygens (including phenoxy) is 1. The van der Waals surface area contributed by atoms with Crippen molar-refractivity contribution in [3.63, 3.8) is 0 Å². The predicted molar refractivity (Wildman–Crippen MR) is 95.5 cm³/mol. The van der Waals surface area contributed by atoms with Gasteiger partial charge in [0.15, 0.2) is 9.84 Å². The average molecular weight is 375 g/mol. The Morgan fingerprint density at radius 2 is 2.21 bits per heavy atom. The molecule has 1 fully saturated rings. The zero-order chi connectivity index (χ0) is 17.9. The van der Waals surface area contributed by atoms with Gasteiger partial charge in [0.1, 0.15) is 11.8 Å². The highest BCUT2D eigenvalue weighted by atomic mass is 35.5. The number of carbonyl (C=O) groups excluding carboxylic acids is 1. The summed E-state index contributed by atoms with van der Waals surface area (Å²) in [6.45, 7) is 4.10. The SMILES string of the molecule is CCN(C(=O)[C@H](C)Nc1ccc(OC)c(Cl)c1)[C@@H]1CCS(=O)(=O)C1. The van der Waals surface area contributed by atoms with Gasteiger partial charge in [-0.1, -0.05) is 11.6 Å². The topological polar surface area (TPSA) is 75.7 Å². The monoisotopic (exact) mass is 374 g/mol. The van der Waals surface area contributed by atoms with Crippen molar-refractivity contribution in [3.8, 4) is 5.75 Å². The first-order valence-corrected chi connectivity index (χ1v) is 10.1. The van der Waals surface area contributed by atoms with Crippen LogP contribution in [0.4, 0.5) is 5.69 Å². The third kappa shape index (κ3) is 4.33. The van der Waals surface area contributed by atoms with Crippen molar-refractivity contribution < 1.29 is 17.9 Å². The van der Waals surface area contributed by atoms with Gasteiger partial charge >= 0.3 is 0 Å². The van der Waals surface area contributed by atoms with E-state index in [1.54, 1.807) is 30.0 Å². The van der Waals surface area contributed by atoms with Gasteiger partial charge in [0.25, 0.3) is 0 Å². The van der Waals surface area contributed by atoms with Crippen LogP contribution in [-0.4, -0.2) is 56.5 Å². The number of nitrogens with one attached hydrogen (secondary N) is 1. The molecule has 0 aliphatic carbocycles. The second-order valence-electron chi connectivity index (χ2n) is 5.90. The van der Waals surface area contributed by atoms with Gasteiger partial charge in [0, 0.05) is 18.3 Å². The minimum Gasteiger partial charge on any atom is -0.495 e. The molecule has 1 amide bonds. The Morgan fingerprint density at radius 3 is 2.71 bits per heavy atom. The van der Waals surface area contributed by atoms with Gasteiger partial charge in [-0.05, 0) is 38.5 Å². The van der Waals surface area contributed by atoms with E-state index in [1.165, 1.54) is 7.11 Å². The largest absolute Gasteiger partial charge is 0.495 e. The number of nitrogens with zero attached hydrogens (tertiary/aromatic N) is 1. The van der Waals surface area contributed by atoms with Crippen LogP contribution in [0, 0.1) is 0 Å². The molecule has 1 aromatic rings. The number of carbonyl (C=O) groups is 1. The van der Waals surface area contributed by atoms with E-state index < -0.39 is 15.9 Å². The lowest BCUT2D eigenvalue weighted by molar-refractivity contribution is -0.133. The number of methoxy groups -OCH3 is 1. The molecule has 0 unspecified atom stereocenters. The maximum absolute atomic E-state index is 12.7. The number of anilines is 1. The predicted octanol–water partition coefficient (Wildman–Crippen LogP) is 2.18. The number of amides is 1. The van der Waals surface area contributed by atoms with E-state index in [1.807, 2.05) is 6.92 Å². The van der Waals surface area contributed by atoms with Crippen LogP contribution in [-0.2, 0) is 14.6 Å². The molecule has 24 heavy (non-hydrogen) atoms. The van der Waals surface area contributed by atoms with Crippen molar-refractivity contribution >= 4 is 33.0 Å². The number of likely N-dealkylation sites (N-methyl/N-ethyl adjacent to an activating group) is 1. The van der Waals surface area contributed by atoms with E-state index in [0.29, 0.717) is 29.4 Å². The van der Waals surface area contributed by atoms with Gasteiger partial charge in [-0.25, -0.2) is 8.42 Å². The van der Waals surface area contributed by atoms with E-state index in [4.69, 9.17) is 16.3 Å². The van der Waals surface area contributed by atoms with Gasteiger partial charge in [-0.2, -0.15) is 0 Å². The lowest BCUT2D eigenvalue weighted by atomic mass is 10.1. The number of sulfone groups is 1. The van der Waals surface area contributed by atoms with Crippen LogP contribution in [0.1, 0.15) is 20.3 Å². The second kappa shape index (κ2) is 7.61. The van der Waals surface area contributed by atoms with Gasteiger partial charge in [-0.15, -0.1) is 0 Å². The molecule has 6 nitrogen and oxygen atoms in total. The fourth-order valence-electron chi connectivity index (χ4n) is 2.93. The zero-order valence-corrected chi connectivity index (χ0v) is 15.7. The maximum Gasteiger partial charge on any atom is 0.245 e. The fraction of sp³-hybridized carbons (Fsp3) is 0.562. The van der Waals surface area contributed by atoms with Crippen molar-refractivity contribution in [2.75, 3.05) is 30.5 Å². The lowest BCUT2D eigenvalue weighted by Gasteiger charge is -2.30. The molecular formula is C16H23ClN2O4S. The molecule has 0 aromatic heterocycles. The van der Waals surface area contributed by atoms with Crippen LogP contribution in [0.25, 0.3) is 0 Å². The maximum atomic E-state index is 12.7. The summed E-state index contributed by atoms with van der Waals surface area (Å²) in [5.41, 5.74) is 0.705. The van der Waals surface area contributed by atoms with Crippen LogP contribution in [0.2, 0.25) is 5.02 Å². The number of hydrogen-bond acceptors (Lipinski definition) is 5. The molecule has 2 atom stereocenters. The molecule has 1 N–H and O–H groups in total. The molecule has 0 bridgehead atoms. The molecule has 1 aliphatic heterocycles. The van der Waals surface area contributed by atoms with Crippen LogP contribution in [0.5, 0.6) is 5.75 Å². The summed E-state index contributed by atoms with van der Waals surface area (Å²) < 4.78 is 28.4. The Morgan fingerprint density at radius 1 is 1.50 bits per heavy atom. The Bertz CT molecular complexity index is 708. The fourth-order valence-corrected chi connectivity index (χ4v) is 4.92. The normalized spacial score (nSPS) is 20.4. The van der Waals surface area contributed by atoms with Crippen LogP contribution < -0.4 is 10.1 Å². The van der Waals surface area contributed by atoms with Crippen molar-refractivity contribution in [2.45, 2.75) is 32.4 Å². The van der Waals surface area contributed by atoms with E-state index in [-0.39, 0.29) is 23.5 Å². The van der Waals surface area contributed by atoms with Crippen molar-refractivity contribution in [3.05, 3.63) is 23.2 Å². The van der Waals surface area contributed by atoms with Crippen LogP contribution >= 0.6 is 11.6 Å². The highest BCUT2D eigenvalue weighted by molar-refractivity contribution is 7.91. The van der Waals surface area contributed by atoms with Crippen LogP contribution in [0.15, 0.2) is 18.2 Å². The summed E-state index contributed by atoms with van der Waals surface area (Å²) >= 11 is 6.09. The first kappa shape index (κ1) is 18.9. The smallest absolute Gasteiger partial charge is 0.245 e. The Balaban J connectivity index is 2.06. The molecule has 8 heteroatoms. The molecular weight excluding hydrogens is 352 g/mol. The number of benzene rings is 1. The van der Waals surface area contributed by atoms with Gasteiger partial charge in [0.05, 0.1) is 23.6 Å². The third-order valence-corrected chi connectivity index (χ3v) is 6.22. The Labute approximate surface area is 148 Å². The number of hydrogen-bond donors (Lipinski definition) is 1. The molecule has 0 spiro atoms. The first-order chi connectivity index (χ1) is 11.3. The van der Waals surface area contributed by atoms with E-state index in [0.717, 1.165) is 0 Å². The Kier molecular flexibility index (Phi) is 5.98. The molecule has 1 saturated heterocycles. The Hall–Kier alpha value is -1.47. The summed E-state index contributed by atoms with van der Waals surface area (Å²) in [5, 5.41) is 3.57.